The van der Waals surface area contributed by atoms with Gasteiger partial charge in [-0.25, -0.2) is 0 Å². The number of pyridine rings is 1. The van der Waals surface area contributed by atoms with E-state index in [0.717, 1.165) is 16.9 Å². The number of aromatic nitrogens is 5. The molecule has 2 heterocycles. The van der Waals surface area contributed by atoms with Gasteiger partial charge in [0.1, 0.15) is 5.69 Å². The lowest BCUT2D eigenvalue weighted by molar-refractivity contribution is 0.710. The zero-order valence-corrected chi connectivity index (χ0v) is 11.0. The molecule has 3 rings (SSSR count). The highest BCUT2D eigenvalue weighted by atomic mass is 15.6. The van der Waals surface area contributed by atoms with Crippen molar-refractivity contribution in [3.63, 3.8) is 0 Å². The highest BCUT2D eigenvalue weighted by Gasteiger charge is 2.08. The number of rotatable bonds is 3. The monoisotopic (exact) mass is 266 g/mol. The fourth-order valence-electron chi connectivity index (χ4n) is 1.81. The first kappa shape index (κ1) is 12.4. The predicted molar refractivity (Wildman–Crippen MR) is 75.0 cm³/mol. The summed E-state index contributed by atoms with van der Waals surface area (Å²) in [5.41, 5.74) is 8.28. The van der Waals surface area contributed by atoms with Crippen molar-refractivity contribution in [2.75, 3.05) is 0 Å². The second-order valence-electron chi connectivity index (χ2n) is 4.50. The fraction of sp³-hybridized carbons (Fsp3) is 0.143. The van der Waals surface area contributed by atoms with E-state index < -0.39 is 0 Å². The third-order valence-electron chi connectivity index (χ3n) is 2.91. The van der Waals surface area contributed by atoms with Crippen LogP contribution in [0.15, 0.2) is 48.7 Å². The molecule has 20 heavy (non-hydrogen) atoms. The first-order chi connectivity index (χ1) is 9.74. The lowest BCUT2D eigenvalue weighted by atomic mass is 10.2. The minimum atomic E-state index is -0.0902. The average molecular weight is 266 g/mol. The molecule has 3 aromatic rings. The normalized spacial score (nSPS) is 12.3. The molecule has 0 aliphatic rings. The van der Waals surface area contributed by atoms with Crippen LogP contribution < -0.4 is 5.73 Å². The molecule has 1 aromatic carbocycles. The maximum atomic E-state index is 5.77. The van der Waals surface area contributed by atoms with Crippen molar-refractivity contribution >= 4 is 0 Å². The molecule has 6 nitrogen and oxygen atoms in total. The minimum absolute atomic E-state index is 0.0902. The van der Waals surface area contributed by atoms with Crippen molar-refractivity contribution in [3.8, 4) is 17.1 Å². The summed E-state index contributed by atoms with van der Waals surface area (Å²) in [6, 6.07) is 13.4. The lowest BCUT2D eigenvalue weighted by Gasteiger charge is -2.04. The summed E-state index contributed by atoms with van der Waals surface area (Å²) in [5, 5.41) is 12.4. The van der Waals surface area contributed by atoms with Crippen LogP contribution in [0, 0.1) is 0 Å². The van der Waals surface area contributed by atoms with Crippen molar-refractivity contribution in [3.05, 3.63) is 54.4 Å². The van der Waals surface area contributed by atoms with Gasteiger partial charge in [-0.15, -0.1) is 15.0 Å². The van der Waals surface area contributed by atoms with E-state index in [1.807, 2.05) is 49.4 Å². The second kappa shape index (κ2) is 5.18. The topological polar surface area (TPSA) is 82.5 Å². The number of tetrazole rings is 1. The molecule has 0 amide bonds. The number of nitrogens with zero attached hydrogens (tertiary/aromatic N) is 5. The molecule has 0 bridgehead atoms. The van der Waals surface area contributed by atoms with E-state index in [-0.39, 0.29) is 6.04 Å². The van der Waals surface area contributed by atoms with Crippen molar-refractivity contribution < 1.29 is 0 Å². The molecule has 0 aliphatic carbocycles. The van der Waals surface area contributed by atoms with E-state index in [1.165, 1.54) is 4.80 Å². The average Bonchev–Trinajstić information content (AvgIpc) is 2.98. The Kier molecular flexibility index (Phi) is 3.22. The molecular formula is C14H14N6. The first-order valence-corrected chi connectivity index (χ1v) is 6.31. The lowest BCUT2D eigenvalue weighted by Crippen LogP contribution is -2.08. The highest BCUT2D eigenvalue weighted by molar-refractivity contribution is 5.53. The number of benzene rings is 1. The van der Waals surface area contributed by atoms with Gasteiger partial charge in [-0.3, -0.25) is 4.98 Å². The third-order valence-corrected chi connectivity index (χ3v) is 2.91. The molecule has 1 atom stereocenters. The molecule has 0 spiro atoms. The van der Waals surface area contributed by atoms with Crippen LogP contribution >= 0.6 is 0 Å². The van der Waals surface area contributed by atoms with E-state index in [2.05, 4.69) is 20.4 Å². The summed E-state index contributed by atoms with van der Waals surface area (Å²) in [5.74, 6) is 0.585. The van der Waals surface area contributed by atoms with E-state index in [9.17, 15) is 0 Å². The van der Waals surface area contributed by atoms with Crippen molar-refractivity contribution in [1.82, 2.24) is 25.2 Å². The molecule has 1 unspecified atom stereocenters. The maximum Gasteiger partial charge on any atom is 0.205 e. The smallest absolute Gasteiger partial charge is 0.205 e. The molecule has 100 valence electrons. The third kappa shape index (κ3) is 2.41. The van der Waals surface area contributed by atoms with E-state index in [0.29, 0.717) is 5.82 Å². The quantitative estimate of drug-likeness (QED) is 0.780. The summed E-state index contributed by atoms with van der Waals surface area (Å²) in [6.07, 6.45) is 1.69. The van der Waals surface area contributed by atoms with Crippen LogP contribution in [0.5, 0.6) is 0 Å². The van der Waals surface area contributed by atoms with E-state index >= 15 is 0 Å². The van der Waals surface area contributed by atoms with Gasteiger partial charge in [0, 0.05) is 11.6 Å². The van der Waals surface area contributed by atoms with Gasteiger partial charge in [0.05, 0.1) is 11.9 Å². The Morgan fingerprint density at radius 1 is 1.10 bits per heavy atom. The second-order valence-corrected chi connectivity index (χ2v) is 4.50. The van der Waals surface area contributed by atoms with Crippen LogP contribution in [0.3, 0.4) is 0 Å². The maximum absolute atomic E-state index is 5.77. The first-order valence-electron chi connectivity index (χ1n) is 6.31. The summed E-state index contributed by atoms with van der Waals surface area (Å²) < 4.78 is 0. The summed E-state index contributed by atoms with van der Waals surface area (Å²) >= 11 is 0. The minimum Gasteiger partial charge on any atom is -0.323 e. The van der Waals surface area contributed by atoms with Gasteiger partial charge >= 0.3 is 0 Å². The standard InChI is InChI=1S/C14H14N6/c1-10(15)13-8-7-12(9-16-13)20-18-14(17-19-20)11-5-3-2-4-6-11/h2-10H,15H2,1H3. The van der Waals surface area contributed by atoms with Crippen LogP contribution in [-0.2, 0) is 0 Å². The van der Waals surface area contributed by atoms with Crippen LogP contribution in [0.2, 0.25) is 0 Å². The number of hydrogen-bond donors (Lipinski definition) is 1. The van der Waals surface area contributed by atoms with Gasteiger partial charge in [0.25, 0.3) is 0 Å². The molecule has 0 aliphatic heterocycles. The van der Waals surface area contributed by atoms with Gasteiger partial charge in [0.2, 0.25) is 5.82 Å². The fourth-order valence-corrected chi connectivity index (χ4v) is 1.81. The van der Waals surface area contributed by atoms with Gasteiger partial charge < -0.3 is 5.73 Å². The Hall–Kier alpha value is -2.60. The Balaban J connectivity index is 1.90. The molecule has 0 saturated carbocycles. The van der Waals surface area contributed by atoms with Crippen molar-refractivity contribution in [2.24, 2.45) is 5.73 Å². The van der Waals surface area contributed by atoms with Crippen LogP contribution in [0.4, 0.5) is 0 Å². The van der Waals surface area contributed by atoms with Gasteiger partial charge in [0.15, 0.2) is 0 Å². The molecule has 2 aromatic heterocycles. The van der Waals surface area contributed by atoms with Crippen molar-refractivity contribution in [1.29, 1.82) is 0 Å². The van der Waals surface area contributed by atoms with Crippen LogP contribution in [0.1, 0.15) is 18.7 Å². The van der Waals surface area contributed by atoms with Gasteiger partial charge in [-0.1, -0.05) is 30.3 Å². The van der Waals surface area contributed by atoms with Gasteiger partial charge in [-0.2, -0.15) is 0 Å². The Labute approximate surface area is 116 Å². The summed E-state index contributed by atoms with van der Waals surface area (Å²) in [6.45, 7) is 1.89. The number of nitrogens with two attached hydrogens (primary N) is 1. The zero-order valence-electron chi connectivity index (χ0n) is 11.0. The van der Waals surface area contributed by atoms with E-state index in [1.54, 1.807) is 6.20 Å². The summed E-state index contributed by atoms with van der Waals surface area (Å²) in [7, 11) is 0. The Morgan fingerprint density at radius 2 is 1.90 bits per heavy atom. The van der Waals surface area contributed by atoms with Crippen LogP contribution in [0.25, 0.3) is 17.1 Å². The largest absolute Gasteiger partial charge is 0.323 e. The Morgan fingerprint density at radius 3 is 2.55 bits per heavy atom. The predicted octanol–water partition coefficient (Wildman–Crippen LogP) is 1.74. The van der Waals surface area contributed by atoms with Crippen LogP contribution in [-0.4, -0.2) is 25.2 Å². The number of hydrogen-bond acceptors (Lipinski definition) is 5. The zero-order chi connectivity index (χ0) is 13.9. The SMILES string of the molecule is CC(N)c1ccc(-n2nnc(-c3ccccc3)n2)cn1. The molecular weight excluding hydrogens is 252 g/mol. The Bertz CT molecular complexity index is 687. The van der Waals surface area contributed by atoms with E-state index in [4.69, 9.17) is 5.73 Å². The molecule has 0 fully saturated rings. The highest BCUT2D eigenvalue weighted by Crippen LogP contribution is 2.14. The molecule has 0 radical (unpaired) electrons. The molecule has 6 heteroatoms. The summed E-state index contributed by atoms with van der Waals surface area (Å²) in [4.78, 5) is 5.74. The molecule has 2 N–H and O–H groups in total. The molecule has 0 saturated heterocycles. The van der Waals surface area contributed by atoms with Gasteiger partial charge in [-0.05, 0) is 24.3 Å². The van der Waals surface area contributed by atoms with Crippen molar-refractivity contribution in [2.45, 2.75) is 13.0 Å².